The van der Waals surface area contributed by atoms with E-state index in [4.69, 9.17) is 23.2 Å². The van der Waals surface area contributed by atoms with Crippen molar-refractivity contribution in [3.63, 3.8) is 0 Å². The molecule has 146 valence electrons. The molecule has 11 heteroatoms. The lowest BCUT2D eigenvalue weighted by Crippen LogP contribution is -2.31. The van der Waals surface area contributed by atoms with Crippen LogP contribution in [0, 0.1) is 11.6 Å². The van der Waals surface area contributed by atoms with Crippen LogP contribution < -0.4 is 4.72 Å². The summed E-state index contributed by atoms with van der Waals surface area (Å²) in [5, 5.41) is 0.0412. The molecule has 0 radical (unpaired) electrons. The second-order valence-corrected chi connectivity index (χ2v) is 8.16. The zero-order valence-electron chi connectivity index (χ0n) is 14.1. The van der Waals surface area contributed by atoms with Crippen molar-refractivity contribution in [3.05, 3.63) is 70.0 Å². The molecule has 0 aliphatic carbocycles. The van der Waals surface area contributed by atoms with Crippen LogP contribution in [0.2, 0.25) is 10.0 Å². The number of nitrogens with one attached hydrogen (secondary N) is 1. The van der Waals surface area contributed by atoms with Gasteiger partial charge in [-0.25, -0.2) is 26.9 Å². The quantitative estimate of drug-likeness (QED) is 0.662. The van der Waals surface area contributed by atoms with Crippen molar-refractivity contribution >= 4 is 39.1 Å². The number of benzene rings is 2. The first kappa shape index (κ1) is 20.2. The first-order valence-corrected chi connectivity index (χ1v) is 9.84. The van der Waals surface area contributed by atoms with Crippen molar-refractivity contribution in [1.29, 1.82) is 0 Å². The molecule has 3 rings (SSSR count). The Balaban J connectivity index is 1.94. The summed E-state index contributed by atoms with van der Waals surface area (Å²) in [5.41, 5.74) is -0.790. The Bertz CT molecular complexity index is 1180. The topological polar surface area (TPSA) is 81.1 Å². The number of sulfonamides is 1. The van der Waals surface area contributed by atoms with E-state index in [0.717, 1.165) is 24.4 Å². The van der Waals surface area contributed by atoms with Gasteiger partial charge in [-0.15, -0.1) is 0 Å². The van der Waals surface area contributed by atoms with Crippen LogP contribution in [0.5, 0.6) is 0 Å². The maximum absolute atomic E-state index is 14.0. The highest BCUT2D eigenvalue weighted by Gasteiger charge is 2.25. The first-order chi connectivity index (χ1) is 13.1. The summed E-state index contributed by atoms with van der Waals surface area (Å²) < 4.78 is 55.8. The number of aromatic nitrogens is 2. The largest absolute Gasteiger partial charge is 0.333 e. The van der Waals surface area contributed by atoms with E-state index in [0.29, 0.717) is 0 Å². The van der Waals surface area contributed by atoms with Gasteiger partial charge < -0.3 is 4.57 Å². The van der Waals surface area contributed by atoms with E-state index < -0.39 is 33.1 Å². The third kappa shape index (κ3) is 3.87. The van der Waals surface area contributed by atoms with E-state index in [1.165, 1.54) is 29.8 Å². The molecule has 1 aromatic heterocycles. The predicted molar refractivity (Wildman–Crippen MR) is 99.7 cm³/mol. The number of imidazole rings is 1. The van der Waals surface area contributed by atoms with Gasteiger partial charge >= 0.3 is 0 Å². The second kappa shape index (κ2) is 7.50. The normalized spacial score (nSPS) is 11.5. The average Bonchev–Trinajstić information content (AvgIpc) is 2.96. The molecule has 0 fully saturated rings. The Kier molecular flexibility index (Phi) is 5.42. The van der Waals surface area contributed by atoms with E-state index in [1.54, 1.807) is 0 Å². The number of rotatable bonds is 4. The summed E-state index contributed by atoms with van der Waals surface area (Å²) in [4.78, 5) is 15.9. The molecule has 0 aliphatic rings. The zero-order chi connectivity index (χ0) is 20.6. The molecule has 2 aromatic carbocycles. The van der Waals surface area contributed by atoms with E-state index in [9.17, 15) is 22.0 Å². The van der Waals surface area contributed by atoms with Crippen LogP contribution in [0.25, 0.3) is 11.4 Å². The summed E-state index contributed by atoms with van der Waals surface area (Å²) in [6.07, 6.45) is 1.15. The highest BCUT2D eigenvalue weighted by atomic mass is 35.5. The van der Waals surface area contributed by atoms with Gasteiger partial charge in [-0.05, 0) is 30.3 Å². The lowest BCUT2D eigenvalue weighted by Gasteiger charge is -2.07. The number of carbonyl (C=O) groups excluding carboxylic acids is 1. The van der Waals surface area contributed by atoms with Gasteiger partial charge in [0, 0.05) is 18.3 Å². The van der Waals surface area contributed by atoms with Crippen LogP contribution in [0.4, 0.5) is 8.78 Å². The maximum atomic E-state index is 14.0. The van der Waals surface area contributed by atoms with Crippen molar-refractivity contribution in [2.45, 2.75) is 4.90 Å². The van der Waals surface area contributed by atoms with Crippen molar-refractivity contribution in [2.24, 2.45) is 7.05 Å². The number of nitrogens with zero attached hydrogens (tertiary/aromatic N) is 2. The Hall–Kier alpha value is -2.49. The molecule has 0 spiro atoms. The molecule has 0 atom stereocenters. The molecule has 3 aromatic rings. The summed E-state index contributed by atoms with van der Waals surface area (Å²) in [6, 6.07) is 6.92. The lowest BCUT2D eigenvalue weighted by atomic mass is 10.2. The molecule has 28 heavy (non-hydrogen) atoms. The highest BCUT2D eigenvalue weighted by molar-refractivity contribution is 7.90. The van der Waals surface area contributed by atoms with E-state index in [2.05, 4.69) is 4.98 Å². The number of hydrogen-bond acceptors (Lipinski definition) is 4. The van der Waals surface area contributed by atoms with Gasteiger partial charge in [0.1, 0.15) is 28.0 Å². The van der Waals surface area contributed by atoms with Gasteiger partial charge in [0.05, 0.1) is 10.6 Å². The minimum Gasteiger partial charge on any atom is -0.333 e. The van der Waals surface area contributed by atoms with Crippen LogP contribution in [-0.4, -0.2) is 23.9 Å². The number of hydrogen-bond donors (Lipinski definition) is 1. The molecule has 0 saturated carbocycles. The number of amides is 1. The van der Waals surface area contributed by atoms with Crippen LogP contribution in [0.3, 0.4) is 0 Å². The molecule has 1 amide bonds. The number of carbonyl (C=O) groups is 1. The molecule has 0 saturated heterocycles. The molecular formula is C17H11Cl2F2N3O3S. The van der Waals surface area contributed by atoms with Gasteiger partial charge in [0.2, 0.25) is 0 Å². The molecule has 6 nitrogen and oxygen atoms in total. The van der Waals surface area contributed by atoms with Crippen LogP contribution in [0.1, 0.15) is 10.5 Å². The molecule has 1 N–H and O–H groups in total. The maximum Gasteiger partial charge on any atom is 0.285 e. The van der Waals surface area contributed by atoms with Gasteiger partial charge in [0.25, 0.3) is 15.9 Å². The number of halogens is 4. The SMILES string of the molecule is Cn1cc(C(=O)NS(=O)(=O)c2ccc(Cl)cc2Cl)nc1-c1c(F)cccc1F. The lowest BCUT2D eigenvalue weighted by molar-refractivity contribution is 0.0977. The highest BCUT2D eigenvalue weighted by Crippen LogP contribution is 2.26. The van der Waals surface area contributed by atoms with E-state index >= 15 is 0 Å². The zero-order valence-corrected chi connectivity index (χ0v) is 16.4. The summed E-state index contributed by atoms with van der Waals surface area (Å²) in [6.45, 7) is 0. The minimum atomic E-state index is -4.33. The summed E-state index contributed by atoms with van der Waals surface area (Å²) in [5.74, 6) is -3.02. The smallest absolute Gasteiger partial charge is 0.285 e. The fourth-order valence-electron chi connectivity index (χ4n) is 2.44. The summed E-state index contributed by atoms with van der Waals surface area (Å²) in [7, 11) is -2.91. The molecule has 1 heterocycles. The molecular weight excluding hydrogens is 435 g/mol. The Morgan fingerprint density at radius 3 is 2.39 bits per heavy atom. The van der Waals surface area contributed by atoms with Crippen molar-refractivity contribution in [3.8, 4) is 11.4 Å². The third-order valence-corrected chi connectivity index (χ3v) is 5.75. The Morgan fingerprint density at radius 2 is 1.79 bits per heavy atom. The predicted octanol–water partition coefficient (Wildman–Crippen LogP) is 3.79. The van der Waals surface area contributed by atoms with E-state index in [-0.39, 0.29) is 26.5 Å². The number of aryl methyl sites for hydroxylation is 1. The van der Waals surface area contributed by atoms with Crippen LogP contribution in [-0.2, 0) is 17.1 Å². The van der Waals surface area contributed by atoms with Crippen LogP contribution >= 0.6 is 23.2 Å². The fourth-order valence-corrected chi connectivity index (χ4v) is 4.18. The van der Waals surface area contributed by atoms with Crippen LogP contribution in [0.15, 0.2) is 47.5 Å². The van der Waals surface area contributed by atoms with Gasteiger partial charge in [-0.3, -0.25) is 4.79 Å². The van der Waals surface area contributed by atoms with Gasteiger partial charge in [-0.2, -0.15) is 0 Å². The monoisotopic (exact) mass is 445 g/mol. The van der Waals surface area contributed by atoms with Crippen molar-refractivity contribution in [2.75, 3.05) is 0 Å². The summed E-state index contributed by atoms with van der Waals surface area (Å²) >= 11 is 11.6. The Labute approximate surface area is 168 Å². The fraction of sp³-hybridized carbons (Fsp3) is 0.0588. The Morgan fingerprint density at radius 1 is 1.14 bits per heavy atom. The van der Waals surface area contributed by atoms with Gasteiger partial charge in [0.15, 0.2) is 0 Å². The standard InChI is InChI=1S/C17H11Cl2F2N3O3S/c1-24-8-13(22-16(24)15-11(20)3-2-4-12(15)21)17(25)23-28(26,27)14-6-5-9(18)7-10(14)19/h2-8H,1H3,(H,23,25). The average molecular weight is 446 g/mol. The van der Waals surface area contributed by atoms with Gasteiger partial charge in [-0.1, -0.05) is 29.3 Å². The molecule has 0 aliphatic heterocycles. The van der Waals surface area contributed by atoms with Crippen molar-refractivity contribution < 1.29 is 22.0 Å². The molecule has 0 unspecified atom stereocenters. The molecule has 0 bridgehead atoms. The van der Waals surface area contributed by atoms with Crippen molar-refractivity contribution in [1.82, 2.24) is 14.3 Å². The minimum absolute atomic E-state index is 0.178. The second-order valence-electron chi connectivity index (χ2n) is 5.67. The first-order valence-electron chi connectivity index (χ1n) is 7.60. The van der Waals surface area contributed by atoms with E-state index in [1.807, 2.05) is 4.72 Å². The third-order valence-electron chi connectivity index (χ3n) is 3.71.